The Morgan fingerprint density at radius 3 is 2.48 bits per heavy atom. The summed E-state index contributed by atoms with van der Waals surface area (Å²) in [4.78, 5) is 14.4. The van der Waals surface area contributed by atoms with E-state index in [2.05, 4.69) is 15.9 Å². The monoisotopic (exact) mass is 366 g/mol. The molecule has 2 aromatic carbocycles. The zero-order chi connectivity index (χ0) is 15.4. The summed E-state index contributed by atoms with van der Waals surface area (Å²) >= 11 is 9.40. The Morgan fingerprint density at radius 1 is 1.24 bits per heavy atom. The number of carbonyl (C=O) groups is 1. The van der Waals surface area contributed by atoms with Gasteiger partial charge in [0.15, 0.2) is 0 Å². The van der Waals surface area contributed by atoms with Crippen molar-refractivity contribution in [2.24, 2.45) is 0 Å². The molecule has 0 aliphatic heterocycles. The Balaban J connectivity index is 2.34. The van der Waals surface area contributed by atoms with Crippen molar-refractivity contribution in [3.63, 3.8) is 0 Å². The molecule has 0 aliphatic carbocycles. The number of nitrogen functional groups attached to an aromatic ring is 1. The Labute approximate surface area is 137 Å². The number of hydrogen-bond donors (Lipinski definition) is 1. The third-order valence-corrected chi connectivity index (χ3v) is 4.30. The van der Waals surface area contributed by atoms with Gasteiger partial charge in [-0.05, 0) is 64.8 Å². The normalized spacial score (nSPS) is 10.4. The highest BCUT2D eigenvalue weighted by Gasteiger charge is 2.17. The van der Waals surface area contributed by atoms with Gasteiger partial charge < -0.3 is 10.6 Å². The summed E-state index contributed by atoms with van der Waals surface area (Å²) in [6.45, 7) is 2.67. The topological polar surface area (TPSA) is 46.3 Å². The number of nitrogens with two attached hydrogens (primary N) is 1. The van der Waals surface area contributed by atoms with E-state index in [0.717, 1.165) is 16.6 Å². The SMILES string of the molecule is CCCN(C(=O)c1ccc(Br)c(Cl)c1)c1ccc(N)cc1. The second-order valence-corrected chi connectivity index (χ2v) is 5.94. The van der Waals surface area contributed by atoms with Crippen LogP contribution < -0.4 is 10.6 Å². The standard InChI is InChI=1S/C16H16BrClN2O/c1-2-9-20(13-6-4-12(19)5-7-13)16(21)11-3-8-14(17)15(18)10-11/h3-8,10H,2,9,19H2,1H3. The molecule has 0 unspecified atom stereocenters. The number of hydrogen-bond acceptors (Lipinski definition) is 2. The number of carbonyl (C=O) groups excluding carboxylic acids is 1. The van der Waals surface area contributed by atoms with Crippen LogP contribution in [0.15, 0.2) is 46.9 Å². The summed E-state index contributed by atoms with van der Waals surface area (Å²) < 4.78 is 0.773. The molecule has 0 fully saturated rings. The molecule has 0 bridgehead atoms. The van der Waals surface area contributed by atoms with Gasteiger partial charge in [-0.25, -0.2) is 0 Å². The molecule has 0 radical (unpaired) electrons. The van der Waals surface area contributed by atoms with Gasteiger partial charge in [0.05, 0.1) is 5.02 Å². The summed E-state index contributed by atoms with van der Waals surface area (Å²) in [6.07, 6.45) is 0.861. The van der Waals surface area contributed by atoms with Gasteiger partial charge in [-0.3, -0.25) is 4.79 Å². The summed E-state index contributed by atoms with van der Waals surface area (Å²) in [7, 11) is 0. The predicted molar refractivity (Wildman–Crippen MR) is 92.0 cm³/mol. The first-order chi connectivity index (χ1) is 10.0. The van der Waals surface area contributed by atoms with Crippen molar-refractivity contribution in [3.05, 3.63) is 57.5 Å². The first kappa shape index (κ1) is 15.9. The van der Waals surface area contributed by atoms with Crippen LogP contribution >= 0.6 is 27.5 Å². The summed E-state index contributed by atoms with van der Waals surface area (Å²) in [5.41, 5.74) is 7.77. The van der Waals surface area contributed by atoms with Crippen molar-refractivity contribution in [1.82, 2.24) is 0 Å². The van der Waals surface area contributed by atoms with Gasteiger partial charge in [0.25, 0.3) is 5.91 Å². The highest BCUT2D eigenvalue weighted by atomic mass is 79.9. The molecule has 110 valence electrons. The molecule has 21 heavy (non-hydrogen) atoms. The van der Waals surface area contributed by atoms with E-state index < -0.39 is 0 Å². The van der Waals surface area contributed by atoms with Gasteiger partial charge in [-0.15, -0.1) is 0 Å². The second-order valence-electron chi connectivity index (χ2n) is 4.68. The molecule has 0 atom stereocenters. The fourth-order valence-electron chi connectivity index (χ4n) is 2.01. The molecule has 0 aromatic heterocycles. The van der Waals surface area contributed by atoms with E-state index in [0.29, 0.717) is 22.8 Å². The average Bonchev–Trinajstić information content (AvgIpc) is 2.48. The van der Waals surface area contributed by atoms with Crippen LogP contribution in [0.25, 0.3) is 0 Å². The molecule has 2 N–H and O–H groups in total. The van der Waals surface area contributed by atoms with Crippen molar-refractivity contribution in [2.75, 3.05) is 17.2 Å². The lowest BCUT2D eigenvalue weighted by molar-refractivity contribution is 0.0987. The number of benzene rings is 2. The average molecular weight is 368 g/mol. The van der Waals surface area contributed by atoms with Gasteiger partial charge in [0.1, 0.15) is 0 Å². The van der Waals surface area contributed by atoms with Crippen molar-refractivity contribution in [3.8, 4) is 0 Å². The number of rotatable bonds is 4. The minimum Gasteiger partial charge on any atom is -0.399 e. The lowest BCUT2D eigenvalue weighted by Crippen LogP contribution is -2.31. The maximum Gasteiger partial charge on any atom is 0.258 e. The van der Waals surface area contributed by atoms with E-state index in [1.54, 1.807) is 35.2 Å². The minimum atomic E-state index is -0.0731. The number of anilines is 2. The molecule has 0 saturated heterocycles. The van der Waals surface area contributed by atoms with Gasteiger partial charge in [0, 0.05) is 28.0 Å². The van der Waals surface area contributed by atoms with Crippen molar-refractivity contribution in [1.29, 1.82) is 0 Å². The Morgan fingerprint density at radius 2 is 1.90 bits per heavy atom. The van der Waals surface area contributed by atoms with Crippen LogP contribution in [0.5, 0.6) is 0 Å². The van der Waals surface area contributed by atoms with Crippen LogP contribution in [-0.4, -0.2) is 12.5 Å². The number of halogens is 2. The first-order valence-electron chi connectivity index (χ1n) is 6.65. The largest absolute Gasteiger partial charge is 0.399 e. The van der Waals surface area contributed by atoms with Gasteiger partial charge >= 0.3 is 0 Å². The van der Waals surface area contributed by atoms with Crippen LogP contribution in [0, 0.1) is 0 Å². The van der Waals surface area contributed by atoms with Crippen molar-refractivity contribution >= 4 is 44.8 Å². The van der Waals surface area contributed by atoms with Crippen LogP contribution in [0.4, 0.5) is 11.4 Å². The van der Waals surface area contributed by atoms with Crippen LogP contribution in [0.1, 0.15) is 23.7 Å². The summed E-state index contributed by atoms with van der Waals surface area (Å²) in [5.74, 6) is -0.0731. The Hall–Kier alpha value is -1.52. The maximum absolute atomic E-state index is 12.7. The number of nitrogens with zero attached hydrogens (tertiary/aromatic N) is 1. The molecular formula is C16H16BrClN2O. The van der Waals surface area contributed by atoms with Crippen LogP contribution in [0.3, 0.4) is 0 Å². The van der Waals surface area contributed by atoms with Crippen molar-refractivity contribution < 1.29 is 4.79 Å². The lowest BCUT2D eigenvalue weighted by Gasteiger charge is -2.22. The molecule has 3 nitrogen and oxygen atoms in total. The molecule has 0 heterocycles. The number of amides is 1. The van der Waals surface area contributed by atoms with Gasteiger partial charge in [-0.1, -0.05) is 18.5 Å². The first-order valence-corrected chi connectivity index (χ1v) is 7.82. The van der Waals surface area contributed by atoms with Gasteiger partial charge in [0.2, 0.25) is 0 Å². The van der Waals surface area contributed by atoms with E-state index in [-0.39, 0.29) is 5.91 Å². The molecule has 2 aromatic rings. The van der Waals surface area contributed by atoms with Crippen LogP contribution in [0.2, 0.25) is 5.02 Å². The molecule has 0 saturated carbocycles. The molecular weight excluding hydrogens is 352 g/mol. The molecule has 5 heteroatoms. The molecule has 2 rings (SSSR count). The third kappa shape index (κ3) is 3.77. The quantitative estimate of drug-likeness (QED) is 0.793. The third-order valence-electron chi connectivity index (χ3n) is 3.06. The molecule has 1 amide bonds. The van der Waals surface area contributed by atoms with Crippen molar-refractivity contribution in [2.45, 2.75) is 13.3 Å². The Bertz CT molecular complexity index is 643. The van der Waals surface area contributed by atoms with E-state index in [1.165, 1.54) is 0 Å². The van der Waals surface area contributed by atoms with E-state index in [1.807, 2.05) is 19.1 Å². The lowest BCUT2D eigenvalue weighted by atomic mass is 10.1. The van der Waals surface area contributed by atoms with E-state index >= 15 is 0 Å². The van der Waals surface area contributed by atoms with E-state index in [4.69, 9.17) is 17.3 Å². The highest BCUT2D eigenvalue weighted by molar-refractivity contribution is 9.10. The van der Waals surface area contributed by atoms with E-state index in [9.17, 15) is 4.79 Å². The fraction of sp³-hybridized carbons (Fsp3) is 0.188. The van der Waals surface area contributed by atoms with Gasteiger partial charge in [-0.2, -0.15) is 0 Å². The second kappa shape index (κ2) is 6.96. The predicted octanol–water partition coefficient (Wildman–Crippen LogP) is 4.74. The smallest absolute Gasteiger partial charge is 0.258 e. The maximum atomic E-state index is 12.7. The fourth-order valence-corrected chi connectivity index (χ4v) is 2.44. The highest BCUT2D eigenvalue weighted by Crippen LogP contribution is 2.25. The minimum absolute atomic E-state index is 0.0731. The zero-order valence-corrected chi connectivity index (χ0v) is 14.0. The summed E-state index contributed by atoms with van der Waals surface area (Å²) in [5, 5.41) is 0.523. The molecule has 0 aliphatic rings. The molecule has 0 spiro atoms. The van der Waals surface area contributed by atoms with Crippen LogP contribution in [-0.2, 0) is 0 Å². The Kier molecular flexibility index (Phi) is 5.26. The summed E-state index contributed by atoms with van der Waals surface area (Å²) in [6, 6.07) is 12.5. The zero-order valence-electron chi connectivity index (χ0n) is 11.6.